The summed E-state index contributed by atoms with van der Waals surface area (Å²) in [5, 5.41) is 6.17. The van der Waals surface area contributed by atoms with Gasteiger partial charge in [0.2, 0.25) is 11.8 Å². The summed E-state index contributed by atoms with van der Waals surface area (Å²) < 4.78 is 0. The lowest BCUT2D eigenvalue weighted by Gasteiger charge is -2.36. The highest BCUT2D eigenvalue weighted by molar-refractivity contribution is 5.90. The lowest BCUT2D eigenvalue weighted by molar-refractivity contribution is -0.139. The van der Waals surface area contributed by atoms with Gasteiger partial charge in [-0.1, -0.05) is 49.6 Å². The van der Waals surface area contributed by atoms with Crippen LogP contribution in [0.2, 0.25) is 0 Å². The van der Waals surface area contributed by atoms with Crippen LogP contribution >= 0.6 is 0 Å². The number of carbonyl (C=O) groups is 2. The number of fused-ring (bicyclic) bond motifs is 1. The number of hydrogen-bond acceptors (Lipinski definition) is 4. The van der Waals surface area contributed by atoms with E-state index >= 15 is 0 Å². The number of nitrogens with one attached hydrogen (secondary N) is 2. The average molecular weight is 503 g/mol. The Morgan fingerprint density at radius 3 is 2.51 bits per heavy atom. The first-order valence-electron chi connectivity index (χ1n) is 14.4. The van der Waals surface area contributed by atoms with Gasteiger partial charge in [-0.15, -0.1) is 0 Å². The third kappa shape index (κ3) is 5.59. The SMILES string of the molecule is CNC(C)C(=O)NC(C(=O)N1CCCC1c1cnc2c(c1)C(c1ccccc1)CCC2)C1CCCCC1. The number of rotatable bonds is 7. The van der Waals surface area contributed by atoms with Crippen LogP contribution in [-0.2, 0) is 16.0 Å². The van der Waals surface area contributed by atoms with E-state index < -0.39 is 6.04 Å². The van der Waals surface area contributed by atoms with Crippen molar-refractivity contribution in [3.05, 3.63) is 65.0 Å². The van der Waals surface area contributed by atoms with Crippen LogP contribution in [0.4, 0.5) is 0 Å². The van der Waals surface area contributed by atoms with E-state index in [1.165, 1.54) is 23.2 Å². The molecule has 0 bridgehead atoms. The topological polar surface area (TPSA) is 74.3 Å². The molecule has 4 unspecified atom stereocenters. The summed E-state index contributed by atoms with van der Waals surface area (Å²) in [4.78, 5) is 34.0. The quantitative estimate of drug-likeness (QED) is 0.566. The number of likely N-dealkylation sites (tertiary alicyclic amines) is 1. The van der Waals surface area contributed by atoms with Gasteiger partial charge in [0.05, 0.1) is 12.1 Å². The highest BCUT2D eigenvalue weighted by Gasteiger charge is 2.39. The zero-order valence-electron chi connectivity index (χ0n) is 22.4. The fourth-order valence-corrected chi connectivity index (χ4v) is 6.69. The predicted molar refractivity (Wildman–Crippen MR) is 146 cm³/mol. The standard InChI is InChI=1S/C31H42N4O2/c1-21(32-2)30(36)34-29(23-13-7-4-8-14-23)31(37)35-18-10-17-28(35)24-19-26-25(22-11-5-3-6-12-22)15-9-16-27(26)33-20-24/h3,5-6,11-12,19-21,23,25,28-29,32H,4,7-10,13-18H2,1-2H3,(H,34,36). The highest BCUT2D eigenvalue weighted by atomic mass is 16.2. The third-order valence-electron chi connectivity index (χ3n) is 8.94. The number of hydrogen-bond donors (Lipinski definition) is 2. The number of pyridine rings is 1. The van der Waals surface area contributed by atoms with Crippen molar-refractivity contribution in [2.24, 2.45) is 5.92 Å². The molecule has 1 aliphatic heterocycles. The Balaban J connectivity index is 1.41. The van der Waals surface area contributed by atoms with Crippen LogP contribution in [0, 0.1) is 5.92 Å². The first kappa shape index (κ1) is 25.9. The molecule has 2 N–H and O–H groups in total. The second-order valence-corrected chi connectivity index (χ2v) is 11.2. The molecular formula is C31H42N4O2. The van der Waals surface area contributed by atoms with Gasteiger partial charge in [0.1, 0.15) is 6.04 Å². The normalized spacial score (nSPS) is 23.8. The minimum absolute atomic E-state index is 0.0216. The van der Waals surface area contributed by atoms with Crippen LogP contribution in [0.1, 0.15) is 99.1 Å². The largest absolute Gasteiger partial charge is 0.343 e. The fraction of sp³-hybridized carbons (Fsp3) is 0.581. The van der Waals surface area contributed by atoms with Crippen molar-refractivity contribution in [2.45, 2.75) is 95.2 Å². The molecule has 1 aromatic carbocycles. The number of benzene rings is 1. The second kappa shape index (κ2) is 11.8. The Kier molecular flexibility index (Phi) is 8.23. The third-order valence-corrected chi connectivity index (χ3v) is 8.94. The first-order chi connectivity index (χ1) is 18.1. The van der Waals surface area contributed by atoms with Gasteiger partial charge >= 0.3 is 0 Å². The molecule has 37 heavy (non-hydrogen) atoms. The lowest BCUT2D eigenvalue weighted by Crippen LogP contribution is -2.55. The van der Waals surface area contributed by atoms with Gasteiger partial charge in [0.15, 0.2) is 0 Å². The molecule has 2 aliphatic carbocycles. The second-order valence-electron chi connectivity index (χ2n) is 11.2. The number of nitrogens with zero attached hydrogens (tertiary/aromatic N) is 2. The maximum atomic E-state index is 14.1. The van der Waals surface area contributed by atoms with E-state index in [4.69, 9.17) is 4.98 Å². The van der Waals surface area contributed by atoms with E-state index in [1.54, 1.807) is 7.05 Å². The summed E-state index contributed by atoms with van der Waals surface area (Å²) in [6.45, 7) is 2.59. The Morgan fingerprint density at radius 2 is 1.76 bits per heavy atom. The zero-order chi connectivity index (χ0) is 25.8. The van der Waals surface area contributed by atoms with Crippen molar-refractivity contribution >= 4 is 11.8 Å². The van der Waals surface area contributed by atoms with Crippen molar-refractivity contribution in [3.63, 3.8) is 0 Å². The molecule has 2 amide bonds. The van der Waals surface area contributed by atoms with Crippen molar-refractivity contribution in [1.29, 1.82) is 0 Å². The van der Waals surface area contributed by atoms with Crippen molar-refractivity contribution in [1.82, 2.24) is 20.5 Å². The molecule has 5 rings (SSSR count). The smallest absolute Gasteiger partial charge is 0.245 e. The number of aromatic nitrogens is 1. The van der Waals surface area contributed by atoms with E-state index in [0.717, 1.165) is 69.9 Å². The highest BCUT2D eigenvalue weighted by Crippen LogP contribution is 2.40. The molecule has 3 aliphatic rings. The predicted octanol–water partition coefficient (Wildman–Crippen LogP) is 4.89. The fourth-order valence-electron chi connectivity index (χ4n) is 6.69. The van der Waals surface area contributed by atoms with E-state index in [2.05, 4.69) is 47.0 Å². The molecule has 0 radical (unpaired) electrons. The first-order valence-corrected chi connectivity index (χ1v) is 14.4. The monoisotopic (exact) mass is 502 g/mol. The molecule has 1 aromatic heterocycles. The Hall–Kier alpha value is -2.73. The van der Waals surface area contributed by atoms with Crippen molar-refractivity contribution < 1.29 is 9.59 Å². The van der Waals surface area contributed by atoms with Crippen molar-refractivity contribution in [3.8, 4) is 0 Å². The molecule has 2 fully saturated rings. The number of carbonyl (C=O) groups excluding carboxylic acids is 2. The molecule has 0 spiro atoms. The number of amides is 2. The average Bonchev–Trinajstić information content (AvgIpc) is 3.45. The van der Waals surface area contributed by atoms with Gasteiger partial charge in [-0.05, 0) is 87.6 Å². The van der Waals surface area contributed by atoms with Gasteiger partial charge in [0, 0.05) is 24.4 Å². The minimum Gasteiger partial charge on any atom is -0.343 e. The number of likely N-dealkylation sites (N-methyl/N-ethyl adjacent to an activating group) is 1. The molecule has 6 heteroatoms. The van der Waals surface area contributed by atoms with E-state index in [9.17, 15) is 9.59 Å². The summed E-state index contributed by atoms with van der Waals surface area (Å²) in [6, 6.07) is 12.3. The van der Waals surface area contributed by atoms with Gasteiger partial charge in [0.25, 0.3) is 0 Å². The van der Waals surface area contributed by atoms with Crippen LogP contribution in [0.15, 0.2) is 42.6 Å². The van der Waals surface area contributed by atoms with E-state index in [1.807, 2.05) is 18.0 Å². The Labute approximate surface area is 221 Å². The van der Waals surface area contributed by atoms with Gasteiger partial charge < -0.3 is 15.5 Å². The molecule has 6 nitrogen and oxygen atoms in total. The van der Waals surface area contributed by atoms with Crippen LogP contribution < -0.4 is 10.6 Å². The maximum absolute atomic E-state index is 14.1. The van der Waals surface area contributed by atoms with Gasteiger partial charge in [-0.2, -0.15) is 0 Å². The zero-order valence-corrected chi connectivity index (χ0v) is 22.4. The molecule has 2 aromatic rings. The summed E-state index contributed by atoms with van der Waals surface area (Å²) in [7, 11) is 1.78. The van der Waals surface area contributed by atoms with Gasteiger partial charge in [-0.3, -0.25) is 14.6 Å². The van der Waals surface area contributed by atoms with Gasteiger partial charge in [-0.25, -0.2) is 0 Å². The minimum atomic E-state index is -0.452. The Bertz CT molecular complexity index is 1080. The summed E-state index contributed by atoms with van der Waals surface area (Å²) >= 11 is 0. The molecule has 2 heterocycles. The summed E-state index contributed by atoms with van der Waals surface area (Å²) in [6.07, 6.45) is 12.7. The van der Waals surface area contributed by atoms with Crippen molar-refractivity contribution in [2.75, 3.05) is 13.6 Å². The molecular weight excluding hydrogens is 460 g/mol. The van der Waals surface area contributed by atoms with Crippen LogP contribution in [0.25, 0.3) is 0 Å². The lowest BCUT2D eigenvalue weighted by atomic mass is 9.80. The molecule has 198 valence electrons. The van der Waals surface area contributed by atoms with Crippen LogP contribution in [-0.4, -0.2) is 47.4 Å². The number of aryl methyl sites for hydroxylation is 1. The van der Waals surface area contributed by atoms with E-state index in [0.29, 0.717) is 5.92 Å². The molecule has 4 atom stereocenters. The maximum Gasteiger partial charge on any atom is 0.245 e. The molecule has 1 saturated carbocycles. The summed E-state index contributed by atoms with van der Waals surface area (Å²) in [5.74, 6) is 0.562. The van der Waals surface area contributed by atoms with Crippen LogP contribution in [0.3, 0.4) is 0 Å². The summed E-state index contributed by atoms with van der Waals surface area (Å²) in [5.41, 5.74) is 5.02. The van der Waals surface area contributed by atoms with E-state index in [-0.39, 0.29) is 29.8 Å². The van der Waals surface area contributed by atoms with Crippen LogP contribution in [0.5, 0.6) is 0 Å². The molecule has 1 saturated heterocycles. The Morgan fingerprint density at radius 1 is 0.973 bits per heavy atom.